The number of anilines is 2. The van der Waals surface area contributed by atoms with Crippen molar-refractivity contribution in [2.24, 2.45) is 0 Å². The third kappa shape index (κ3) is 2.58. The summed E-state index contributed by atoms with van der Waals surface area (Å²) in [6.07, 6.45) is 5.30. The first-order valence-corrected chi connectivity index (χ1v) is 4.95. The second-order valence-corrected chi connectivity index (χ2v) is 3.73. The molecule has 1 heterocycles. The summed E-state index contributed by atoms with van der Waals surface area (Å²) < 4.78 is 0. The van der Waals surface area contributed by atoms with Crippen LogP contribution in [0.25, 0.3) is 0 Å². The maximum atomic E-state index is 5.50. The molecule has 0 aliphatic carbocycles. The van der Waals surface area contributed by atoms with E-state index in [0.717, 1.165) is 12.8 Å². The molecule has 1 aromatic heterocycles. The quantitative estimate of drug-likeness (QED) is 0.770. The van der Waals surface area contributed by atoms with Crippen LogP contribution in [-0.2, 0) is 0 Å². The molecule has 0 aliphatic rings. The third-order valence-electron chi connectivity index (χ3n) is 2.65. The van der Waals surface area contributed by atoms with Gasteiger partial charge in [-0.1, -0.05) is 13.8 Å². The minimum Gasteiger partial charge on any atom is -0.396 e. The number of aromatic nitrogens is 2. The van der Waals surface area contributed by atoms with Gasteiger partial charge in [0.15, 0.2) is 0 Å². The van der Waals surface area contributed by atoms with Gasteiger partial charge in [0.2, 0.25) is 5.95 Å². The molecule has 0 bridgehead atoms. The summed E-state index contributed by atoms with van der Waals surface area (Å²) in [5, 5.41) is 3.30. The van der Waals surface area contributed by atoms with Crippen molar-refractivity contribution in [2.75, 3.05) is 11.1 Å². The minimum absolute atomic E-state index is 0.0656. The summed E-state index contributed by atoms with van der Waals surface area (Å²) in [6.45, 7) is 6.45. The maximum absolute atomic E-state index is 5.50. The molecule has 0 aromatic carbocycles. The zero-order valence-electron chi connectivity index (χ0n) is 9.04. The van der Waals surface area contributed by atoms with Gasteiger partial charge in [-0.25, -0.2) is 9.97 Å². The van der Waals surface area contributed by atoms with E-state index >= 15 is 0 Å². The molecule has 0 fully saturated rings. The molecule has 0 unspecified atom stereocenters. The molecule has 0 spiro atoms. The molecule has 0 aliphatic heterocycles. The van der Waals surface area contributed by atoms with Crippen LogP contribution in [0.1, 0.15) is 33.6 Å². The zero-order chi connectivity index (χ0) is 10.6. The first-order chi connectivity index (χ1) is 6.59. The number of nitrogens with one attached hydrogen (secondary N) is 1. The molecular weight excluding hydrogens is 176 g/mol. The Kier molecular flexibility index (Phi) is 3.28. The number of hydrogen-bond donors (Lipinski definition) is 2. The van der Waals surface area contributed by atoms with Crippen LogP contribution in [0, 0.1) is 0 Å². The van der Waals surface area contributed by atoms with Gasteiger partial charge in [-0.05, 0) is 19.8 Å². The standard InChI is InChI=1S/C10H18N4/c1-4-10(3,5-2)14-9-12-6-8(11)7-13-9/h6-7H,4-5,11H2,1-3H3,(H,12,13,14). The molecule has 4 nitrogen and oxygen atoms in total. The van der Waals surface area contributed by atoms with E-state index in [1.807, 2.05) is 0 Å². The van der Waals surface area contributed by atoms with Crippen LogP contribution in [0.4, 0.5) is 11.6 Å². The fourth-order valence-electron chi connectivity index (χ4n) is 1.10. The number of rotatable bonds is 4. The van der Waals surface area contributed by atoms with Crippen LogP contribution in [0.5, 0.6) is 0 Å². The molecular formula is C10H18N4. The van der Waals surface area contributed by atoms with Crippen LogP contribution in [-0.4, -0.2) is 15.5 Å². The van der Waals surface area contributed by atoms with E-state index in [-0.39, 0.29) is 5.54 Å². The Bertz CT molecular complexity index is 277. The van der Waals surface area contributed by atoms with E-state index in [2.05, 4.69) is 36.1 Å². The van der Waals surface area contributed by atoms with Crippen LogP contribution < -0.4 is 11.1 Å². The van der Waals surface area contributed by atoms with Crippen LogP contribution in [0.15, 0.2) is 12.4 Å². The summed E-state index contributed by atoms with van der Waals surface area (Å²) in [4.78, 5) is 8.22. The predicted molar refractivity (Wildman–Crippen MR) is 59.1 cm³/mol. The average Bonchev–Trinajstić information content (AvgIpc) is 2.21. The zero-order valence-corrected chi connectivity index (χ0v) is 9.04. The molecule has 1 aromatic rings. The summed E-state index contributed by atoms with van der Waals surface area (Å²) in [7, 11) is 0. The molecule has 3 N–H and O–H groups in total. The highest BCUT2D eigenvalue weighted by Gasteiger charge is 2.19. The molecule has 1 rings (SSSR count). The van der Waals surface area contributed by atoms with Gasteiger partial charge >= 0.3 is 0 Å². The lowest BCUT2D eigenvalue weighted by atomic mass is 9.96. The topological polar surface area (TPSA) is 63.8 Å². The summed E-state index contributed by atoms with van der Waals surface area (Å²) in [5.41, 5.74) is 6.16. The lowest BCUT2D eigenvalue weighted by Gasteiger charge is -2.28. The highest BCUT2D eigenvalue weighted by molar-refractivity contribution is 5.37. The SMILES string of the molecule is CCC(C)(CC)Nc1ncc(N)cn1. The van der Waals surface area contributed by atoms with Gasteiger partial charge in [-0.2, -0.15) is 0 Å². The lowest BCUT2D eigenvalue weighted by Crippen LogP contribution is -2.33. The van der Waals surface area contributed by atoms with Crippen LogP contribution in [0.3, 0.4) is 0 Å². The van der Waals surface area contributed by atoms with E-state index in [0.29, 0.717) is 11.6 Å². The Hall–Kier alpha value is -1.32. The Labute approximate surface area is 85.0 Å². The fourth-order valence-corrected chi connectivity index (χ4v) is 1.10. The minimum atomic E-state index is 0.0656. The molecule has 0 atom stereocenters. The molecule has 0 amide bonds. The van der Waals surface area contributed by atoms with Crippen molar-refractivity contribution in [3.05, 3.63) is 12.4 Å². The Balaban J connectivity index is 2.72. The van der Waals surface area contributed by atoms with Crippen molar-refractivity contribution >= 4 is 11.6 Å². The van der Waals surface area contributed by atoms with Crippen molar-refractivity contribution in [1.29, 1.82) is 0 Å². The van der Waals surface area contributed by atoms with Gasteiger partial charge in [0.1, 0.15) is 0 Å². The van der Waals surface area contributed by atoms with E-state index in [4.69, 9.17) is 5.73 Å². The average molecular weight is 194 g/mol. The van der Waals surface area contributed by atoms with Crippen molar-refractivity contribution in [3.8, 4) is 0 Å². The number of nitrogens with two attached hydrogens (primary N) is 1. The van der Waals surface area contributed by atoms with Crippen LogP contribution >= 0.6 is 0 Å². The van der Waals surface area contributed by atoms with E-state index in [1.165, 1.54) is 0 Å². The molecule has 0 saturated carbocycles. The highest BCUT2D eigenvalue weighted by Crippen LogP contribution is 2.18. The molecule has 0 radical (unpaired) electrons. The van der Waals surface area contributed by atoms with Crippen molar-refractivity contribution in [1.82, 2.24) is 9.97 Å². The summed E-state index contributed by atoms with van der Waals surface area (Å²) >= 11 is 0. The van der Waals surface area contributed by atoms with Gasteiger partial charge in [0, 0.05) is 5.54 Å². The van der Waals surface area contributed by atoms with Crippen LogP contribution in [0.2, 0.25) is 0 Å². The van der Waals surface area contributed by atoms with E-state index in [9.17, 15) is 0 Å². The Morgan fingerprint density at radius 1 is 1.29 bits per heavy atom. The second-order valence-electron chi connectivity index (χ2n) is 3.73. The monoisotopic (exact) mass is 194 g/mol. The third-order valence-corrected chi connectivity index (χ3v) is 2.65. The maximum Gasteiger partial charge on any atom is 0.223 e. The van der Waals surface area contributed by atoms with Gasteiger partial charge < -0.3 is 11.1 Å². The Morgan fingerprint density at radius 3 is 2.21 bits per heavy atom. The molecule has 4 heteroatoms. The van der Waals surface area contributed by atoms with E-state index < -0.39 is 0 Å². The molecule has 78 valence electrons. The second kappa shape index (κ2) is 4.26. The first-order valence-electron chi connectivity index (χ1n) is 4.95. The normalized spacial score (nSPS) is 11.4. The largest absolute Gasteiger partial charge is 0.396 e. The molecule has 14 heavy (non-hydrogen) atoms. The number of nitrogens with zero attached hydrogens (tertiary/aromatic N) is 2. The van der Waals surface area contributed by atoms with E-state index in [1.54, 1.807) is 12.4 Å². The fraction of sp³-hybridized carbons (Fsp3) is 0.600. The smallest absolute Gasteiger partial charge is 0.223 e. The number of hydrogen-bond acceptors (Lipinski definition) is 4. The summed E-state index contributed by atoms with van der Waals surface area (Å²) in [5.74, 6) is 0.644. The van der Waals surface area contributed by atoms with Crippen molar-refractivity contribution < 1.29 is 0 Å². The highest BCUT2D eigenvalue weighted by atomic mass is 15.1. The first kappa shape index (κ1) is 10.8. The molecule has 0 saturated heterocycles. The lowest BCUT2D eigenvalue weighted by molar-refractivity contribution is 0.474. The van der Waals surface area contributed by atoms with Crippen molar-refractivity contribution in [2.45, 2.75) is 39.2 Å². The van der Waals surface area contributed by atoms with Gasteiger partial charge in [0.25, 0.3) is 0 Å². The predicted octanol–water partition coefficient (Wildman–Crippen LogP) is 2.05. The van der Waals surface area contributed by atoms with Crippen molar-refractivity contribution in [3.63, 3.8) is 0 Å². The summed E-state index contributed by atoms with van der Waals surface area (Å²) in [6, 6.07) is 0. The van der Waals surface area contributed by atoms with Gasteiger partial charge in [0.05, 0.1) is 18.1 Å². The Morgan fingerprint density at radius 2 is 1.79 bits per heavy atom. The van der Waals surface area contributed by atoms with Gasteiger partial charge in [-0.3, -0.25) is 0 Å². The van der Waals surface area contributed by atoms with Gasteiger partial charge in [-0.15, -0.1) is 0 Å². The number of nitrogen functional groups attached to an aromatic ring is 1.